The minimum Gasteiger partial charge on any atom is -0.396 e. The summed E-state index contributed by atoms with van der Waals surface area (Å²) in [5.41, 5.74) is 0.499. The molecule has 1 heterocycles. The van der Waals surface area contributed by atoms with Gasteiger partial charge < -0.3 is 15.3 Å². The zero-order chi connectivity index (χ0) is 15.1. The molecule has 3 heteroatoms. The second kappa shape index (κ2) is 8.50. The quantitative estimate of drug-likeness (QED) is 0.709. The molecule has 0 amide bonds. The zero-order valence-corrected chi connectivity index (χ0v) is 14.2. The van der Waals surface area contributed by atoms with E-state index in [4.69, 9.17) is 0 Å². The van der Waals surface area contributed by atoms with Crippen molar-refractivity contribution >= 4 is 0 Å². The number of hydrogen-bond donors (Lipinski definition) is 2. The van der Waals surface area contributed by atoms with Crippen LogP contribution in [0.4, 0.5) is 0 Å². The smallest absolute Gasteiger partial charge is 0.0460 e. The van der Waals surface area contributed by atoms with Gasteiger partial charge in [-0.1, -0.05) is 26.7 Å². The van der Waals surface area contributed by atoms with Gasteiger partial charge in [0.2, 0.25) is 0 Å². The summed E-state index contributed by atoms with van der Waals surface area (Å²) in [6, 6.07) is 0. The Bertz CT molecular complexity index is 289. The summed E-state index contributed by atoms with van der Waals surface area (Å²) in [5.74, 6) is 1.44. The van der Waals surface area contributed by atoms with Crippen LogP contribution in [0.15, 0.2) is 0 Å². The molecule has 0 aromatic heterocycles. The summed E-state index contributed by atoms with van der Waals surface area (Å²) in [6.07, 6.45) is 9.21. The van der Waals surface area contributed by atoms with Crippen molar-refractivity contribution in [3.8, 4) is 0 Å². The lowest BCUT2D eigenvalue weighted by atomic mass is 9.69. The molecule has 0 aromatic carbocycles. The summed E-state index contributed by atoms with van der Waals surface area (Å²) >= 11 is 0. The van der Waals surface area contributed by atoms with Gasteiger partial charge in [-0.15, -0.1) is 0 Å². The second-order valence-corrected chi connectivity index (χ2v) is 7.78. The highest BCUT2D eigenvalue weighted by molar-refractivity contribution is 4.91. The van der Waals surface area contributed by atoms with Gasteiger partial charge in [0.1, 0.15) is 0 Å². The maximum Gasteiger partial charge on any atom is 0.0460 e. The molecule has 2 fully saturated rings. The van der Waals surface area contributed by atoms with Crippen LogP contribution in [-0.2, 0) is 0 Å². The standard InChI is InChI=1S/C18H36N2O/c1-3-9-19-14-18(8-4-5-16(2)12-18)15-20-10-6-17(13-21)7-11-20/h16-17,19,21H,3-15H2,1-2H3. The normalized spacial score (nSPS) is 32.4. The minimum atomic E-state index is 0.383. The summed E-state index contributed by atoms with van der Waals surface area (Å²) in [4.78, 5) is 2.68. The average molecular weight is 296 g/mol. The first-order valence-corrected chi connectivity index (χ1v) is 9.21. The van der Waals surface area contributed by atoms with Crippen molar-refractivity contribution in [2.45, 2.75) is 58.8 Å². The Morgan fingerprint density at radius 1 is 1.24 bits per heavy atom. The third-order valence-electron chi connectivity index (χ3n) is 5.64. The molecule has 1 saturated carbocycles. The number of aliphatic hydroxyl groups excluding tert-OH is 1. The van der Waals surface area contributed by atoms with Crippen LogP contribution in [-0.4, -0.2) is 49.3 Å². The minimum absolute atomic E-state index is 0.383. The molecule has 0 bridgehead atoms. The van der Waals surface area contributed by atoms with Gasteiger partial charge >= 0.3 is 0 Å². The van der Waals surface area contributed by atoms with Crippen molar-refractivity contribution in [3.05, 3.63) is 0 Å². The highest BCUT2D eigenvalue weighted by Crippen LogP contribution is 2.40. The van der Waals surface area contributed by atoms with E-state index in [1.807, 2.05) is 0 Å². The van der Waals surface area contributed by atoms with Crippen molar-refractivity contribution in [2.75, 3.05) is 39.3 Å². The van der Waals surface area contributed by atoms with E-state index in [-0.39, 0.29) is 0 Å². The van der Waals surface area contributed by atoms with E-state index in [0.29, 0.717) is 17.9 Å². The Morgan fingerprint density at radius 3 is 2.62 bits per heavy atom. The van der Waals surface area contributed by atoms with Gasteiger partial charge in [0.25, 0.3) is 0 Å². The third-order valence-corrected chi connectivity index (χ3v) is 5.64. The highest BCUT2D eigenvalue weighted by Gasteiger charge is 2.36. The van der Waals surface area contributed by atoms with Crippen LogP contribution < -0.4 is 5.32 Å². The number of nitrogens with one attached hydrogen (secondary N) is 1. The molecule has 124 valence electrons. The maximum absolute atomic E-state index is 9.30. The number of nitrogens with zero attached hydrogens (tertiary/aromatic N) is 1. The van der Waals surface area contributed by atoms with E-state index < -0.39 is 0 Å². The van der Waals surface area contributed by atoms with Crippen molar-refractivity contribution in [2.24, 2.45) is 17.3 Å². The van der Waals surface area contributed by atoms with E-state index in [9.17, 15) is 5.11 Å². The van der Waals surface area contributed by atoms with Crippen LogP contribution in [0.3, 0.4) is 0 Å². The average Bonchev–Trinajstić information content (AvgIpc) is 2.48. The predicted molar refractivity (Wildman–Crippen MR) is 89.5 cm³/mol. The van der Waals surface area contributed by atoms with Crippen LogP contribution >= 0.6 is 0 Å². The fraction of sp³-hybridized carbons (Fsp3) is 1.00. The van der Waals surface area contributed by atoms with Crippen LogP contribution in [0.1, 0.15) is 58.8 Å². The Balaban J connectivity index is 1.89. The molecule has 1 aliphatic carbocycles. The fourth-order valence-corrected chi connectivity index (χ4v) is 4.46. The molecule has 0 radical (unpaired) electrons. The molecular weight excluding hydrogens is 260 g/mol. The van der Waals surface area contributed by atoms with Gasteiger partial charge in [-0.2, -0.15) is 0 Å². The summed E-state index contributed by atoms with van der Waals surface area (Å²) in [7, 11) is 0. The predicted octanol–water partition coefficient (Wildman–Crippen LogP) is 2.89. The lowest BCUT2D eigenvalue weighted by Crippen LogP contribution is -2.49. The molecule has 2 atom stereocenters. The SMILES string of the molecule is CCCNCC1(CN2CCC(CO)CC2)CCCC(C)C1. The number of hydrogen-bond acceptors (Lipinski definition) is 3. The maximum atomic E-state index is 9.30. The van der Waals surface area contributed by atoms with Crippen molar-refractivity contribution in [3.63, 3.8) is 0 Å². The Kier molecular flexibility index (Phi) is 6.97. The van der Waals surface area contributed by atoms with Gasteiger partial charge in [-0.05, 0) is 69.0 Å². The molecule has 21 heavy (non-hydrogen) atoms. The van der Waals surface area contributed by atoms with Crippen LogP contribution in [0.25, 0.3) is 0 Å². The van der Waals surface area contributed by atoms with E-state index >= 15 is 0 Å². The van der Waals surface area contributed by atoms with Crippen molar-refractivity contribution < 1.29 is 5.11 Å². The Labute approximate surface area is 131 Å². The Morgan fingerprint density at radius 2 is 2.00 bits per heavy atom. The van der Waals surface area contributed by atoms with Crippen molar-refractivity contribution in [1.29, 1.82) is 0 Å². The lowest BCUT2D eigenvalue weighted by molar-refractivity contribution is 0.0527. The first kappa shape index (κ1) is 17.2. The Hall–Kier alpha value is -0.120. The van der Waals surface area contributed by atoms with Crippen LogP contribution in [0, 0.1) is 17.3 Å². The van der Waals surface area contributed by atoms with Crippen LogP contribution in [0.5, 0.6) is 0 Å². The van der Waals surface area contributed by atoms with Crippen LogP contribution in [0.2, 0.25) is 0 Å². The second-order valence-electron chi connectivity index (χ2n) is 7.78. The molecule has 0 spiro atoms. The summed E-state index contributed by atoms with van der Waals surface area (Å²) in [5, 5.41) is 13.0. The highest BCUT2D eigenvalue weighted by atomic mass is 16.3. The molecule has 1 saturated heterocycles. The number of likely N-dealkylation sites (tertiary alicyclic amines) is 1. The van der Waals surface area contributed by atoms with E-state index in [1.54, 1.807) is 0 Å². The van der Waals surface area contributed by atoms with E-state index in [2.05, 4.69) is 24.1 Å². The molecule has 0 aromatic rings. The first-order chi connectivity index (χ1) is 10.2. The van der Waals surface area contributed by atoms with Gasteiger partial charge in [0.15, 0.2) is 0 Å². The molecule has 1 aliphatic heterocycles. The lowest BCUT2D eigenvalue weighted by Gasteiger charge is -2.45. The molecule has 2 rings (SSSR count). The number of rotatable bonds is 7. The zero-order valence-electron chi connectivity index (χ0n) is 14.2. The first-order valence-electron chi connectivity index (χ1n) is 9.21. The van der Waals surface area contributed by atoms with E-state index in [0.717, 1.165) is 12.5 Å². The molecule has 2 aliphatic rings. The summed E-state index contributed by atoms with van der Waals surface area (Å²) < 4.78 is 0. The fourth-order valence-electron chi connectivity index (χ4n) is 4.46. The van der Waals surface area contributed by atoms with Gasteiger partial charge in [-0.25, -0.2) is 0 Å². The third kappa shape index (κ3) is 5.22. The molecular formula is C18H36N2O. The monoisotopic (exact) mass is 296 g/mol. The molecule has 3 nitrogen and oxygen atoms in total. The molecule has 2 unspecified atom stereocenters. The molecule has 2 N–H and O–H groups in total. The van der Waals surface area contributed by atoms with Gasteiger partial charge in [0.05, 0.1) is 0 Å². The van der Waals surface area contributed by atoms with Gasteiger partial charge in [0, 0.05) is 19.7 Å². The number of piperidine rings is 1. The van der Waals surface area contributed by atoms with Crippen molar-refractivity contribution in [1.82, 2.24) is 10.2 Å². The summed E-state index contributed by atoms with van der Waals surface area (Å²) in [6.45, 7) is 11.1. The van der Waals surface area contributed by atoms with Gasteiger partial charge in [-0.3, -0.25) is 0 Å². The number of aliphatic hydroxyl groups is 1. The largest absolute Gasteiger partial charge is 0.396 e. The topological polar surface area (TPSA) is 35.5 Å². The van der Waals surface area contributed by atoms with E-state index in [1.165, 1.54) is 71.1 Å².